The Morgan fingerprint density at radius 3 is 2.27 bits per heavy atom. The van der Waals surface area contributed by atoms with Crippen LogP contribution in [0.3, 0.4) is 0 Å². The third-order valence-corrected chi connectivity index (χ3v) is 9.82. The molecule has 4 rings (SSSR count). The zero-order valence-corrected chi connectivity index (χ0v) is 26.9. The van der Waals surface area contributed by atoms with Crippen molar-refractivity contribution < 1.29 is 37.4 Å². The summed E-state index contributed by atoms with van der Waals surface area (Å²) in [6, 6.07) is 10.8. The smallest absolute Gasteiger partial charge is 0.410 e. The molecule has 2 aromatic carbocycles. The van der Waals surface area contributed by atoms with Gasteiger partial charge in [-0.25, -0.2) is 18.0 Å². The van der Waals surface area contributed by atoms with Gasteiger partial charge in [-0.15, -0.1) is 0 Å². The van der Waals surface area contributed by atoms with Crippen LogP contribution < -0.4 is 10.6 Å². The molecule has 0 aromatic heterocycles. The number of benzene rings is 2. The number of piperidine rings is 1. The maximum atomic E-state index is 13.3. The number of aliphatic carboxylic acids is 1. The fourth-order valence-corrected chi connectivity index (χ4v) is 7.17. The van der Waals surface area contributed by atoms with Crippen LogP contribution in [0.5, 0.6) is 0 Å². The number of anilines is 1. The van der Waals surface area contributed by atoms with Gasteiger partial charge in [0.2, 0.25) is 21.8 Å². The van der Waals surface area contributed by atoms with Gasteiger partial charge < -0.3 is 25.4 Å². The predicted octanol–water partition coefficient (Wildman–Crippen LogP) is 3.55. The van der Waals surface area contributed by atoms with Gasteiger partial charge in [-0.05, 0) is 83.2 Å². The van der Waals surface area contributed by atoms with E-state index in [9.17, 15) is 32.7 Å². The molecule has 3 N–H and O–H groups in total. The minimum absolute atomic E-state index is 0.0729. The van der Waals surface area contributed by atoms with Crippen molar-refractivity contribution in [1.29, 1.82) is 0 Å². The van der Waals surface area contributed by atoms with Crippen LogP contribution in [0.2, 0.25) is 0 Å². The molecule has 13 heteroatoms. The lowest BCUT2D eigenvalue weighted by atomic mass is 9.96. The van der Waals surface area contributed by atoms with Crippen LogP contribution in [0, 0.1) is 12.8 Å². The molecule has 0 radical (unpaired) electrons. The number of carboxylic acids is 1. The molecular formula is C32H42N4O8S. The van der Waals surface area contributed by atoms with Gasteiger partial charge in [0, 0.05) is 37.7 Å². The van der Waals surface area contributed by atoms with Crippen molar-refractivity contribution in [3.05, 3.63) is 59.7 Å². The second kappa shape index (κ2) is 14.0. The third kappa shape index (κ3) is 8.82. The molecule has 2 heterocycles. The highest BCUT2D eigenvalue weighted by Gasteiger charge is 2.40. The summed E-state index contributed by atoms with van der Waals surface area (Å²) in [5.74, 6) is -2.43. The van der Waals surface area contributed by atoms with Crippen LogP contribution in [0.25, 0.3) is 0 Å². The van der Waals surface area contributed by atoms with Crippen LogP contribution in [0.15, 0.2) is 53.4 Å². The molecule has 0 saturated carbocycles. The van der Waals surface area contributed by atoms with Crippen LogP contribution >= 0.6 is 0 Å². The molecule has 0 aliphatic carbocycles. The number of carbonyl (C=O) groups is 4. The standard InChI is InChI=1S/C32H42N4O8S/c1-21-10-12-25(13-11-21)45(42,43)36-16-6-9-27(36)29(38)34-26(30(39)40)20-22-7-5-8-24(19-22)33-28(37)23-14-17-35(18-15-23)31(41)44-32(2,3)4/h5,7-8,10-13,19,23,26-27H,6,9,14-18,20H2,1-4H3,(H,33,37)(H,34,38)(H,39,40)/t26-,27-/m0/s1. The van der Waals surface area contributed by atoms with E-state index >= 15 is 0 Å². The monoisotopic (exact) mass is 642 g/mol. The van der Waals surface area contributed by atoms with Crippen molar-refractivity contribution in [3.8, 4) is 0 Å². The molecule has 2 saturated heterocycles. The van der Waals surface area contributed by atoms with Gasteiger partial charge in [0.25, 0.3) is 0 Å². The van der Waals surface area contributed by atoms with E-state index in [2.05, 4.69) is 10.6 Å². The van der Waals surface area contributed by atoms with Crippen molar-refractivity contribution >= 4 is 39.6 Å². The average Bonchev–Trinajstić information content (AvgIpc) is 3.48. The molecular weight excluding hydrogens is 600 g/mol. The molecule has 2 aliphatic rings. The number of hydrogen-bond donors (Lipinski definition) is 3. The summed E-state index contributed by atoms with van der Waals surface area (Å²) in [5.41, 5.74) is 1.35. The van der Waals surface area contributed by atoms with Gasteiger partial charge in [0.15, 0.2) is 0 Å². The Kier molecular flexibility index (Phi) is 10.5. The van der Waals surface area contributed by atoms with E-state index in [0.717, 1.165) is 9.87 Å². The highest BCUT2D eigenvalue weighted by molar-refractivity contribution is 7.89. The molecule has 2 fully saturated rings. The fourth-order valence-electron chi connectivity index (χ4n) is 5.51. The summed E-state index contributed by atoms with van der Waals surface area (Å²) in [4.78, 5) is 52.4. The number of hydrogen-bond acceptors (Lipinski definition) is 7. The Labute approximate surface area is 264 Å². The van der Waals surface area contributed by atoms with E-state index in [-0.39, 0.29) is 36.1 Å². The fraction of sp³-hybridized carbons (Fsp3) is 0.500. The molecule has 0 spiro atoms. The minimum atomic E-state index is -3.95. The number of nitrogens with zero attached hydrogens (tertiary/aromatic N) is 2. The number of aryl methyl sites for hydroxylation is 1. The van der Waals surface area contributed by atoms with Gasteiger partial charge in [0.1, 0.15) is 17.7 Å². The van der Waals surface area contributed by atoms with Gasteiger partial charge >= 0.3 is 12.1 Å². The number of nitrogens with one attached hydrogen (secondary N) is 2. The lowest BCUT2D eigenvalue weighted by Gasteiger charge is -2.32. The molecule has 2 aromatic rings. The van der Waals surface area contributed by atoms with Gasteiger partial charge in [-0.1, -0.05) is 29.8 Å². The van der Waals surface area contributed by atoms with E-state index in [1.165, 1.54) is 12.1 Å². The zero-order chi connectivity index (χ0) is 32.9. The quantitative estimate of drug-likeness (QED) is 0.374. The first-order valence-electron chi connectivity index (χ1n) is 15.1. The normalized spacial score (nSPS) is 18.7. The largest absolute Gasteiger partial charge is 0.480 e. The Morgan fingerprint density at radius 2 is 1.64 bits per heavy atom. The number of sulfonamides is 1. The van der Waals surface area contributed by atoms with Crippen molar-refractivity contribution in [2.75, 3.05) is 25.0 Å². The van der Waals surface area contributed by atoms with Gasteiger partial charge in [0.05, 0.1) is 4.90 Å². The molecule has 0 bridgehead atoms. The molecule has 2 aliphatic heterocycles. The Bertz CT molecular complexity index is 1510. The van der Waals surface area contributed by atoms with E-state index in [4.69, 9.17) is 4.74 Å². The summed E-state index contributed by atoms with van der Waals surface area (Å²) < 4.78 is 33.1. The van der Waals surface area contributed by atoms with E-state index in [1.54, 1.807) is 62.1 Å². The highest BCUT2D eigenvalue weighted by atomic mass is 32.2. The van der Waals surface area contributed by atoms with Crippen molar-refractivity contribution in [3.63, 3.8) is 0 Å². The Hall–Kier alpha value is -3.97. The first-order chi connectivity index (χ1) is 21.1. The average molecular weight is 643 g/mol. The first kappa shape index (κ1) is 33.9. The minimum Gasteiger partial charge on any atom is -0.480 e. The number of rotatable bonds is 9. The zero-order valence-electron chi connectivity index (χ0n) is 26.1. The third-order valence-electron chi connectivity index (χ3n) is 7.90. The second-order valence-corrected chi connectivity index (χ2v) is 14.5. The van der Waals surface area contributed by atoms with Crippen LogP contribution in [0.1, 0.15) is 57.6 Å². The van der Waals surface area contributed by atoms with Crippen molar-refractivity contribution in [2.24, 2.45) is 5.92 Å². The summed E-state index contributed by atoms with van der Waals surface area (Å²) in [5, 5.41) is 15.3. The Morgan fingerprint density at radius 1 is 0.978 bits per heavy atom. The predicted molar refractivity (Wildman–Crippen MR) is 167 cm³/mol. The second-order valence-electron chi connectivity index (χ2n) is 12.6. The van der Waals surface area contributed by atoms with Crippen molar-refractivity contribution in [1.82, 2.24) is 14.5 Å². The lowest BCUT2D eigenvalue weighted by Crippen LogP contribution is -2.51. The summed E-state index contributed by atoms with van der Waals surface area (Å²) in [6.45, 7) is 8.21. The lowest BCUT2D eigenvalue weighted by molar-refractivity contribution is -0.142. The van der Waals surface area contributed by atoms with Crippen LogP contribution in [-0.2, 0) is 35.6 Å². The maximum absolute atomic E-state index is 13.3. The molecule has 45 heavy (non-hydrogen) atoms. The summed E-state index contributed by atoms with van der Waals surface area (Å²) in [6.07, 6.45) is 1.24. The molecule has 0 unspecified atom stereocenters. The molecule has 2 atom stereocenters. The Balaban J connectivity index is 1.35. The molecule has 12 nitrogen and oxygen atoms in total. The van der Waals surface area contributed by atoms with E-state index < -0.39 is 45.7 Å². The van der Waals surface area contributed by atoms with Gasteiger partial charge in [-0.3, -0.25) is 9.59 Å². The van der Waals surface area contributed by atoms with Gasteiger partial charge in [-0.2, -0.15) is 4.31 Å². The maximum Gasteiger partial charge on any atom is 0.410 e. The topological polar surface area (TPSA) is 162 Å². The number of amides is 3. The number of carbonyl (C=O) groups excluding carboxylic acids is 3. The number of likely N-dealkylation sites (tertiary alicyclic amines) is 1. The first-order valence-corrected chi connectivity index (χ1v) is 16.6. The van der Waals surface area contributed by atoms with E-state index in [1.807, 2.05) is 6.92 Å². The summed E-state index contributed by atoms with van der Waals surface area (Å²) >= 11 is 0. The number of carboxylic acid groups (broad SMARTS) is 1. The van der Waals surface area contributed by atoms with E-state index in [0.29, 0.717) is 43.6 Å². The summed E-state index contributed by atoms with van der Waals surface area (Å²) in [7, 11) is -3.95. The van der Waals surface area contributed by atoms with Crippen LogP contribution in [-0.4, -0.2) is 83.9 Å². The SMILES string of the molecule is Cc1ccc(S(=O)(=O)N2CCC[C@H]2C(=O)N[C@@H](Cc2cccc(NC(=O)C3CCN(C(=O)OC(C)(C)C)CC3)c2)C(=O)O)cc1. The molecule has 3 amide bonds. The van der Waals surface area contributed by atoms with Crippen LogP contribution in [0.4, 0.5) is 10.5 Å². The number of ether oxygens (including phenoxy) is 1. The van der Waals surface area contributed by atoms with Crippen molar-refractivity contribution in [2.45, 2.75) is 82.4 Å². The molecule has 244 valence electrons. The highest BCUT2D eigenvalue weighted by Crippen LogP contribution is 2.27.